The fourth-order valence-corrected chi connectivity index (χ4v) is 2.54. The molecule has 0 saturated carbocycles. The molecule has 2 aliphatic rings. The first kappa shape index (κ1) is 12.4. The zero-order valence-electron chi connectivity index (χ0n) is 10.4. The molecular formula is C12H21N3O2. The van der Waals surface area contributed by atoms with Crippen molar-refractivity contribution < 1.29 is 9.59 Å². The second-order valence-corrected chi connectivity index (χ2v) is 4.95. The van der Waals surface area contributed by atoms with E-state index in [1.807, 2.05) is 4.90 Å². The van der Waals surface area contributed by atoms with Gasteiger partial charge in [0, 0.05) is 39.5 Å². The zero-order valence-corrected chi connectivity index (χ0v) is 10.4. The van der Waals surface area contributed by atoms with Gasteiger partial charge in [0.15, 0.2) is 0 Å². The summed E-state index contributed by atoms with van der Waals surface area (Å²) in [5.41, 5.74) is 0. The smallest absolute Gasteiger partial charge is 0.223 e. The van der Waals surface area contributed by atoms with Gasteiger partial charge in [0.25, 0.3) is 0 Å². The highest BCUT2D eigenvalue weighted by Crippen LogP contribution is 2.14. The van der Waals surface area contributed by atoms with Gasteiger partial charge in [-0.25, -0.2) is 0 Å². The van der Waals surface area contributed by atoms with E-state index in [9.17, 15) is 9.59 Å². The topological polar surface area (TPSA) is 52.7 Å². The number of carbonyl (C=O) groups excluding carboxylic acids is 2. The monoisotopic (exact) mass is 239 g/mol. The zero-order chi connectivity index (χ0) is 12.3. The van der Waals surface area contributed by atoms with Crippen molar-refractivity contribution in [2.45, 2.75) is 19.8 Å². The van der Waals surface area contributed by atoms with Crippen molar-refractivity contribution in [3.8, 4) is 0 Å². The summed E-state index contributed by atoms with van der Waals surface area (Å²) in [4.78, 5) is 26.9. The molecule has 2 heterocycles. The third-order valence-electron chi connectivity index (χ3n) is 3.70. The number of rotatable bonds is 2. The highest BCUT2D eigenvalue weighted by atomic mass is 16.2. The number of carbonyl (C=O) groups is 2. The van der Waals surface area contributed by atoms with Crippen molar-refractivity contribution >= 4 is 11.8 Å². The average Bonchev–Trinajstić information content (AvgIpc) is 2.82. The summed E-state index contributed by atoms with van der Waals surface area (Å²) < 4.78 is 0. The van der Waals surface area contributed by atoms with Crippen LogP contribution in [0.3, 0.4) is 0 Å². The van der Waals surface area contributed by atoms with Crippen LogP contribution in [0.4, 0.5) is 0 Å². The van der Waals surface area contributed by atoms with Gasteiger partial charge in [0.1, 0.15) is 0 Å². The Morgan fingerprint density at radius 1 is 1.18 bits per heavy atom. The summed E-state index contributed by atoms with van der Waals surface area (Å²) in [6, 6.07) is 0. The summed E-state index contributed by atoms with van der Waals surface area (Å²) in [6.45, 7) is 6.35. The first-order chi connectivity index (χ1) is 8.16. The van der Waals surface area contributed by atoms with Gasteiger partial charge in [-0.15, -0.1) is 0 Å². The van der Waals surface area contributed by atoms with Gasteiger partial charge < -0.3 is 15.1 Å². The predicted octanol–water partition coefficient (Wildman–Crippen LogP) is -0.323. The molecule has 5 heteroatoms. The fourth-order valence-electron chi connectivity index (χ4n) is 2.54. The molecule has 2 fully saturated rings. The van der Waals surface area contributed by atoms with Crippen LogP contribution in [-0.4, -0.2) is 60.9 Å². The van der Waals surface area contributed by atoms with Crippen LogP contribution in [0.2, 0.25) is 0 Å². The highest BCUT2D eigenvalue weighted by Gasteiger charge is 2.25. The van der Waals surface area contributed by atoms with Crippen molar-refractivity contribution in [1.29, 1.82) is 0 Å². The number of nitrogens with zero attached hydrogens (tertiary/aromatic N) is 2. The number of piperazine rings is 1. The Labute approximate surface area is 102 Å². The minimum Gasteiger partial charge on any atom is -0.339 e. The lowest BCUT2D eigenvalue weighted by atomic mass is 10.0. The molecule has 0 aromatic heterocycles. The maximum absolute atomic E-state index is 12.0. The molecule has 0 aliphatic carbocycles. The predicted molar refractivity (Wildman–Crippen MR) is 64.4 cm³/mol. The van der Waals surface area contributed by atoms with Crippen LogP contribution < -0.4 is 5.32 Å². The molecule has 1 N–H and O–H groups in total. The van der Waals surface area contributed by atoms with Crippen LogP contribution in [0.25, 0.3) is 0 Å². The molecule has 1 unspecified atom stereocenters. The largest absolute Gasteiger partial charge is 0.339 e. The molecule has 0 bridgehead atoms. The molecular weight excluding hydrogens is 218 g/mol. The number of hydrogen-bond donors (Lipinski definition) is 1. The molecule has 1 atom stereocenters. The lowest BCUT2D eigenvalue weighted by Gasteiger charge is -2.34. The SMILES string of the molecule is CC(=O)N1CCN(C(=O)CC2CCNC2)CC1. The maximum atomic E-state index is 12.0. The van der Waals surface area contributed by atoms with Gasteiger partial charge in [-0.1, -0.05) is 0 Å². The van der Waals surface area contributed by atoms with Crippen LogP contribution in [-0.2, 0) is 9.59 Å². The van der Waals surface area contributed by atoms with Gasteiger partial charge in [0.2, 0.25) is 11.8 Å². The normalized spacial score (nSPS) is 25.1. The first-order valence-corrected chi connectivity index (χ1v) is 6.41. The summed E-state index contributed by atoms with van der Waals surface area (Å²) >= 11 is 0. The molecule has 0 aromatic carbocycles. The fraction of sp³-hybridized carbons (Fsp3) is 0.833. The molecule has 0 spiro atoms. The third kappa shape index (κ3) is 3.19. The van der Waals surface area contributed by atoms with Gasteiger partial charge >= 0.3 is 0 Å². The van der Waals surface area contributed by atoms with Crippen LogP contribution in [0.15, 0.2) is 0 Å². The van der Waals surface area contributed by atoms with Gasteiger partial charge in [-0.3, -0.25) is 9.59 Å². The molecule has 2 aliphatic heterocycles. The molecule has 96 valence electrons. The van der Waals surface area contributed by atoms with E-state index in [1.165, 1.54) is 0 Å². The summed E-state index contributed by atoms with van der Waals surface area (Å²) in [5.74, 6) is 0.868. The third-order valence-corrected chi connectivity index (χ3v) is 3.70. The van der Waals surface area contributed by atoms with E-state index in [-0.39, 0.29) is 11.8 Å². The molecule has 5 nitrogen and oxygen atoms in total. The molecule has 17 heavy (non-hydrogen) atoms. The molecule has 2 rings (SSSR count). The van der Waals surface area contributed by atoms with Crippen molar-refractivity contribution in [2.24, 2.45) is 5.92 Å². The Kier molecular flexibility index (Phi) is 3.99. The summed E-state index contributed by atoms with van der Waals surface area (Å²) in [5, 5.41) is 3.28. The van der Waals surface area contributed by atoms with Gasteiger partial charge in [-0.2, -0.15) is 0 Å². The second kappa shape index (κ2) is 5.49. The van der Waals surface area contributed by atoms with Crippen molar-refractivity contribution in [2.75, 3.05) is 39.3 Å². The van der Waals surface area contributed by atoms with Gasteiger partial charge in [0.05, 0.1) is 0 Å². The van der Waals surface area contributed by atoms with Crippen molar-refractivity contribution in [3.05, 3.63) is 0 Å². The molecule has 0 aromatic rings. The molecule has 2 amide bonds. The highest BCUT2D eigenvalue weighted by molar-refractivity contribution is 5.77. The van der Waals surface area contributed by atoms with E-state index in [0.717, 1.165) is 19.5 Å². The van der Waals surface area contributed by atoms with Crippen LogP contribution in [0.5, 0.6) is 0 Å². The van der Waals surface area contributed by atoms with E-state index < -0.39 is 0 Å². The standard InChI is InChI=1S/C12H21N3O2/c1-10(16)14-4-6-15(7-5-14)12(17)8-11-2-3-13-9-11/h11,13H,2-9H2,1H3. The Hall–Kier alpha value is -1.10. The second-order valence-electron chi connectivity index (χ2n) is 4.95. The Morgan fingerprint density at radius 3 is 2.35 bits per heavy atom. The Morgan fingerprint density at radius 2 is 1.82 bits per heavy atom. The van der Waals surface area contributed by atoms with Crippen molar-refractivity contribution in [1.82, 2.24) is 15.1 Å². The van der Waals surface area contributed by atoms with E-state index in [4.69, 9.17) is 0 Å². The number of amides is 2. The van der Waals surface area contributed by atoms with Gasteiger partial charge in [-0.05, 0) is 25.4 Å². The van der Waals surface area contributed by atoms with E-state index >= 15 is 0 Å². The van der Waals surface area contributed by atoms with E-state index in [2.05, 4.69) is 5.32 Å². The number of hydrogen-bond acceptors (Lipinski definition) is 3. The minimum atomic E-state index is 0.108. The lowest BCUT2D eigenvalue weighted by molar-refractivity contribution is -0.139. The first-order valence-electron chi connectivity index (χ1n) is 6.41. The Balaban J connectivity index is 1.75. The lowest BCUT2D eigenvalue weighted by Crippen LogP contribution is -2.50. The van der Waals surface area contributed by atoms with E-state index in [1.54, 1.807) is 11.8 Å². The maximum Gasteiger partial charge on any atom is 0.223 e. The minimum absolute atomic E-state index is 0.108. The summed E-state index contributed by atoms with van der Waals surface area (Å²) in [7, 11) is 0. The Bertz CT molecular complexity index is 292. The average molecular weight is 239 g/mol. The van der Waals surface area contributed by atoms with Crippen LogP contribution in [0.1, 0.15) is 19.8 Å². The molecule has 0 radical (unpaired) electrons. The number of nitrogens with one attached hydrogen (secondary N) is 1. The van der Waals surface area contributed by atoms with Crippen LogP contribution in [0, 0.1) is 5.92 Å². The molecule has 2 saturated heterocycles. The van der Waals surface area contributed by atoms with Crippen LogP contribution >= 0.6 is 0 Å². The quantitative estimate of drug-likeness (QED) is 0.718. The van der Waals surface area contributed by atoms with Crippen molar-refractivity contribution in [3.63, 3.8) is 0 Å². The van der Waals surface area contributed by atoms with E-state index in [0.29, 0.717) is 38.5 Å². The summed E-state index contributed by atoms with van der Waals surface area (Å²) in [6.07, 6.45) is 1.77.